The minimum atomic E-state index is -0.196. The van der Waals surface area contributed by atoms with Crippen LogP contribution in [0, 0.1) is 0 Å². The molecule has 7 heteroatoms. The van der Waals surface area contributed by atoms with Gasteiger partial charge in [-0.1, -0.05) is 39.9 Å². The Kier molecular flexibility index (Phi) is 6.67. The highest BCUT2D eigenvalue weighted by Gasteiger charge is 2.36. The number of thiocarbonyl (C=S) groups is 1. The maximum Gasteiger partial charge on any atom is 0.242 e. The van der Waals surface area contributed by atoms with E-state index < -0.39 is 0 Å². The summed E-state index contributed by atoms with van der Waals surface area (Å²) in [6, 6.07) is 5.86. The van der Waals surface area contributed by atoms with Gasteiger partial charge in [0.25, 0.3) is 0 Å². The van der Waals surface area contributed by atoms with Gasteiger partial charge in [0.15, 0.2) is 0 Å². The molecule has 1 atom stereocenters. The van der Waals surface area contributed by atoms with Crippen LogP contribution in [0.5, 0.6) is 5.75 Å². The predicted molar refractivity (Wildman–Crippen MR) is 96.6 cm³/mol. The number of benzene rings is 1. The average molecular weight is 404 g/mol. The van der Waals surface area contributed by atoms with E-state index in [-0.39, 0.29) is 11.2 Å². The Labute approximate surface area is 148 Å². The number of ether oxygens (including phenoxy) is 2. The number of nitrogens with zero attached hydrogens (tertiary/aromatic N) is 1. The molecule has 0 aromatic heterocycles. The molecule has 2 rings (SSSR count). The third-order valence-corrected chi connectivity index (χ3v) is 5.33. The summed E-state index contributed by atoms with van der Waals surface area (Å²) in [5.41, 5.74) is 1.01. The van der Waals surface area contributed by atoms with E-state index in [1.165, 1.54) is 11.8 Å². The zero-order valence-electron chi connectivity index (χ0n) is 12.5. The van der Waals surface area contributed by atoms with Gasteiger partial charge in [0.05, 0.1) is 25.0 Å². The van der Waals surface area contributed by atoms with Gasteiger partial charge in [-0.3, -0.25) is 9.69 Å². The Morgan fingerprint density at radius 1 is 1.45 bits per heavy atom. The summed E-state index contributed by atoms with van der Waals surface area (Å²) in [5.74, 6) is 0.870. The van der Waals surface area contributed by atoms with Crippen molar-refractivity contribution in [1.82, 2.24) is 4.90 Å². The van der Waals surface area contributed by atoms with Gasteiger partial charge in [0.2, 0.25) is 5.91 Å². The maximum absolute atomic E-state index is 12.5. The van der Waals surface area contributed by atoms with Crippen molar-refractivity contribution in [2.75, 3.05) is 26.9 Å². The van der Waals surface area contributed by atoms with Crippen LogP contribution < -0.4 is 4.74 Å². The lowest BCUT2D eigenvalue weighted by Crippen LogP contribution is -2.34. The number of rotatable bonds is 7. The first-order chi connectivity index (χ1) is 10.6. The van der Waals surface area contributed by atoms with E-state index in [0.717, 1.165) is 15.8 Å². The number of thioether (sulfide) groups is 1. The summed E-state index contributed by atoms with van der Waals surface area (Å²) in [6.07, 6.45) is 0.599. The van der Waals surface area contributed by atoms with Crippen molar-refractivity contribution in [2.45, 2.75) is 18.6 Å². The van der Waals surface area contributed by atoms with Gasteiger partial charge in [-0.2, -0.15) is 0 Å². The van der Waals surface area contributed by atoms with Crippen molar-refractivity contribution in [3.63, 3.8) is 0 Å². The van der Waals surface area contributed by atoms with E-state index in [1.54, 1.807) is 12.0 Å². The summed E-state index contributed by atoms with van der Waals surface area (Å²) in [4.78, 5) is 14.1. The largest absolute Gasteiger partial charge is 0.494 e. The van der Waals surface area contributed by atoms with Crippen LogP contribution in [0.4, 0.5) is 0 Å². The molecule has 0 radical (unpaired) electrons. The predicted octanol–water partition coefficient (Wildman–Crippen LogP) is 3.27. The van der Waals surface area contributed by atoms with E-state index in [0.29, 0.717) is 30.5 Å². The average Bonchev–Trinajstić information content (AvgIpc) is 2.74. The SMILES string of the molecule is CCOc1ccc(Br)cc1C[C@H]1SC(=S)N(CCOC)C1=O. The number of carbonyl (C=O) groups is 1. The Hall–Kier alpha value is -0.630. The molecule has 0 spiro atoms. The summed E-state index contributed by atoms with van der Waals surface area (Å²) in [6.45, 7) is 3.54. The van der Waals surface area contributed by atoms with E-state index in [9.17, 15) is 4.79 Å². The molecule has 1 amide bonds. The van der Waals surface area contributed by atoms with Crippen LogP contribution in [-0.4, -0.2) is 47.2 Å². The van der Waals surface area contributed by atoms with Gasteiger partial charge < -0.3 is 9.47 Å². The van der Waals surface area contributed by atoms with Crippen molar-refractivity contribution in [1.29, 1.82) is 0 Å². The first kappa shape index (κ1) is 17.7. The number of hydrogen-bond donors (Lipinski definition) is 0. The Bertz CT molecular complexity index is 568. The molecule has 0 unspecified atom stereocenters. The van der Waals surface area contributed by atoms with Crippen molar-refractivity contribution < 1.29 is 14.3 Å². The monoisotopic (exact) mass is 403 g/mol. The normalized spacial score (nSPS) is 18.1. The van der Waals surface area contributed by atoms with Crippen molar-refractivity contribution in [3.8, 4) is 5.75 Å². The van der Waals surface area contributed by atoms with E-state index in [4.69, 9.17) is 21.7 Å². The van der Waals surface area contributed by atoms with Gasteiger partial charge in [-0.05, 0) is 37.1 Å². The zero-order valence-corrected chi connectivity index (χ0v) is 15.7. The lowest BCUT2D eigenvalue weighted by Gasteiger charge is -2.15. The Balaban J connectivity index is 2.12. The second-order valence-electron chi connectivity index (χ2n) is 4.74. The summed E-state index contributed by atoms with van der Waals surface area (Å²) >= 11 is 10.2. The summed E-state index contributed by atoms with van der Waals surface area (Å²) < 4.78 is 12.3. The number of amides is 1. The molecule has 0 N–H and O–H groups in total. The smallest absolute Gasteiger partial charge is 0.242 e. The molecule has 1 heterocycles. The van der Waals surface area contributed by atoms with Crippen LogP contribution in [0.25, 0.3) is 0 Å². The molecule has 1 aromatic carbocycles. The van der Waals surface area contributed by atoms with Crippen molar-refractivity contribution in [3.05, 3.63) is 28.2 Å². The summed E-state index contributed by atoms with van der Waals surface area (Å²) in [5, 5.41) is -0.196. The lowest BCUT2D eigenvalue weighted by molar-refractivity contribution is -0.126. The fourth-order valence-electron chi connectivity index (χ4n) is 2.22. The molecule has 0 aliphatic carbocycles. The Morgan fingerprint density at radius 2 is 2.23 bits per heavy atom. The van der Waals surface area contributed by atoms with E-state index in [1.807, 2.05) is 25.1 Å². The van der Waals surface area contributed by atoms with Gasteiger partial charge >= 0.3 is 0 Å². The van der Waals surface area contributed by atoms with Gasteiger partial charge in [0.1, 0.15) is 10.1 Å². The molecule has 1 aliphatic rings. The molecular weight excluding hydrogens is 386 g/mol. The molecular formula is C15H18BrNO3S2. The van der Waals surface area contributed by atoms with Crippen LogP contribution in [0.3, 0.4) is 0 Å². The maximum atomic E-state index is 12.5. The first-order valence-electron chi connectivity index (χ1n) is 6.99. The molecule has 1 saturated heterocycles. The third kappa shape index (κ3) is 4.22. The topological polar surface area (TPSA) is 38.8 Å². The number of hydrogen-bond acceptors (Lipinski definition) is 5. The Morgan fingerprint density at radius 3 is 2.91 bits per heavy atom. The van der Waals surface area contributed by atoms with Crippen LogP contribution in [0.15, 0.2) is 22.7 Å². The fourth-order valence-corrected chi connectivity index (χ4v) is 4.20. The standard InChI is InChI=1S/C15H18BrNO3S2/c1-3-20-12-5-4-11(16)8-10(12)9-13-14(18)17(6-7-19-2)15(21)22-13/h4-5,8,13H,3,6-7,9H2,1-2H3/t13-/m1/s1. The second-order valence-corrected chi connectivity index (χ2v) is 7.50. The molecule has 4 nitrogen and oxygen atoms in total. The number of methoxy groups -OCH3 is 1. The molecule has 1 aromatic rings. The van der Waals surface area contributed by atoms with Crippen LogP contribution >= 0.6 is 39.9 Å². The summed E-state index contributed by atoms with van der Waals surface area (Å²) in [7, 11) is 1.62. The first-order valence-corrected chi connectivity index (χ1v) is 9.07. The highest BCUT2D eigenvalue weighted by molar-refractivity contribution is 9.10. The minimum Gasteiger partial charge on any atom is -0.494 e. The molecule has 1 aliphatic heterocycles. The van der Waals surface area contributed by atoms with E-state index in [2.05, 4.69) is 15.9 Å². The highest BCUT2D eigenvalue weighted by Crippen LogP contribution is 2.33. The third-order valence-electron chi connectivity index (χ3n) is 3.25. The van der Waals surface area contributed by atoms with Crippen LogP contribution in [0.1, 0.15) is 12.5 Å². The minimum absolute atomic E-state index is 0.0504. The zero-order chi connectivity index (χ0) is 16.1. The van der Waals surface area contributed by atoms with Crippen LogP contribution in [-0.2, 0) is 16.0 Å². The number of carbonyl (C=O) groups excluding carboxylic acids is 1. The quantitative estimate of drug-likeness (QED) is 0.653. The van der Waals surface area contributed by atoms with Crippen molar-refractivity contribution >= 4 is 50.1 Å². The highest BCUT2D eigenvalue weighted by atomic mass is 79.9. The molecule has 120 valence electrons. The van der Waals surface area contributed by atoms with Crippen LogP contribution in [0.2, 0.25) is 0 Å². The van der Waals surface area contributed by atoms with Crippen molar-refractivity contribution in [2.24, 2.45) is 0 Å². The molecule has 0 saturated carbocycles. The fraction of sp³-hybridized carbons (Fsp3) is 0.467. The number of halogens is 1. The van der Waals surface area contributed by atoms with E-state index >= 15 is 0 Å². The van der Waals surface area contributed by atoms with Gasteiger partial charge in [-0.25, -0.2) is 0 Å². The second kappa shape index (κ2) is 8.29. The van der Waals surface area contributed by atoms with Gasteiger partial charge in [0, 0.05) is 11.6 Å². The molecule has 22 heavy (non-hydrogen) atoms. The molecule has 0 bridgehead atoms. The lowest BCUT2D eigenvalue weighted by atomic mass is 10.1. The molecule has 1 fully saturated rings. The van der Waals surface area contributed by atoms with Gasteiger partial charge in [-0.15, -0.1) is 0 Å².